The van der Waals surface area contributed by atoms with Gasteiger partial charge in [-0.3, -0.25) is 14.4 Å². The maximum Gasteiger partial charge on any atom is 0.308 e. The number of hydrogen-bond acceptors (Lipinski definition) is 9. The van der Waals surface area contributed by atoms with Crippen molar-refractivity contribution in [2.75, 3.05) is 7.11 Å². The number of methoxy groups -OCH3 is 1. The highest BCUT2D eigenvalue weighted by Crippen LogP contribution is 2.43. The molecular formula is C20H16O8S. The van der Waals surface area contributed by atoms with E-state index in [0.29, 0.717) is 0 Å². The lowest BCUT2D eigenvalue weighted by Gasteiger charge is -2.14. The Morgan fingerprint density at radius 1 is 1.00 bits per heavy atom. The Morgan fingerprint density at radius 2 is 1.66 bits per heavy atom. The van der Waals surface area contributed by atoms with Crippen molar-refractivity contribution in [3.63, 3.8) is 0 Å². The Morgan fingerprint density at radius 3 is 2.24 bits per heavy atom. The van der Waals surface area contributed by atoms with Crippen molar-refractivity contribution in [1.29, 1.82) is 0 Å². The first kappa shape index (κ1) is 20.3. The molecule has 0 amide bonds. The topological polar surface area (TPSA) is 112 Å². The van der Waals surface area contributed by atoms with E-state index in [-0.39, 0.29) is 39.1 Å². The second kappa shape index (κ2) is 8.27. The molecule has 9 heteroatoms. The molecule has 150 valence electrons. The third-order valence-electron chi connectivity index (χ3n) is 3.63. The third kappa shape index (κ3) is 4.52. The molecule has 0 aliphatic rings. The fourth-order valence-electron chi connectivity index (χ4n) is 2.57. The summed E-state index contributed by atoms with van der Waals surface area (Å²) < 4.78 is 21.3. The lowest BCUT2D eigenvalue weighted by atomic mass is 10.2. The summed E-state index contributed by atoms with van der Waals surface area (Å²) in [5.41, 5.74) is -0.427. The van der Waals surface area contributed by atoms with Crippen LogP contribution >= 0.6 is 11.8 Å². The zero-order valence-electron chi connectivity index (χ0n) is 15.7. The maximum atomic E-state index is 12.8. The molecule has 0 fully saturated rings. The van der Waals surface area contributed by atoms with E-state index in [9.17, 15) is 19.5 Å². The molecule has 29 heavy (non-hydrogen) atoms. The van der Waals surface area contributed by atoms with E-state index in [1.807, 2.05) is 0 Å². The van der Waals surface area contributed by atoms with Crippen molar-refractivity contribution in [1.82, 2.24) is 0 Å². The van der Waals surface area contributed by atoms with Crippen LogP contribution in [0.15, 0.2) is 55.6 Å². The Labute approximate surface area is 169 Å². The van der Waals surface area contributed by atoms with Crippen LogP contribution in [-0.4, -0.2) is 24.2 Å². The number of aromatic hydroxyl groups is 1. The molecule has 1 aromatic heterocycles. The van der Waals surface area contributed by atoms with Gasteiger partial charge in [0, 0.05) is 30.9 Å². The van der Waals surface area contributed by atoms with Crippen LogP contribution in [0.1, 0.15) is 13.8 Å². The maximum absolute atomic E-state index is 12.8. The molecule has 0 radical (unpaired) electrons. The van der Waals surface area contributed by atoms with Crippen molar-refractivity contribution >= 4 is 34.7 Å². The number of esters is 2. The number of phenolic OH excluding ortho intramolecular Hbond substituents is 1. The number of rotatable bonds is 5. The minimum Gasteiger partial charge on any atom is -0.508 e. The highest BCUT2D eigenvalue weighted by Gasteiger charge is 2.23. The first-order chi connectivity index (χ1) is 13.8. The molecule has 3 aromatic rings. The van der Waals surface area contributed by atoms with Crippen molar-refractivity contribution in [3.05, 3.63) is 46.6 Å². The molecule has 0 atom stereocenters. The number of carbonyl (C=O) groups excluding carboxylic acids is 2. The summed E-state index contributed by atoms with van der Waals surface area (Å²) in [6.07, 6.45) is 0. The summed E-state index contributed by atoms with van der Waals surface area (Å²) in [7, 11) is 1.29. The molecule has 0 bridgehead atoms. The van der Waals surface area contributed by atoms with Gasteiger partial charge in [-0.25, -0.2) is 0 Å². The number of carbonyl (C=O) groups is 2. The second-order valence-electron chi connectivity index (χ2n) is 5.82. The molecule has 1 N–H and O–H groups in total. The Hall–Kier alpha value is -3.46. The number of phenols is 1. The molecular weight excluding hydrogens is 400 g/mol. The van der Waals surface area contributed by atoms with Gasteiger partial charge in [-0.15, -0.1) is 0 Å². The van der Waals surface area contributed by atoms with Gasteiger partial charge in [-0.05, 0) is 24.3 Å². The number of hydrogen-bond donors (Lipinski definition) is 1. The van der Waals surface area contributed by atoms with E-state index in [1.165, 1.54) is 45.2 Å². The summed E-state index contributed by atoms with van der Waals surface area (Å²) in [5, 5.41) is 9.61. The number of ether oxygens (including phenoxy) is 3. The lowest BCUT2D eigenvalue weighted by molar-refractivity contribution is -0.132. The second-order valence-corrected chi connectivity index (χ2v) is 6.90. The summed E-state index contributed by atoms with van der Waals surface area (Å²) >= 11 is 1.15. The van der Waals surface area contributed by atoms with Gasteiger partial charge in [-0.1, -0.05) is 11.8 Å². The lowest BCUT2D eigenvalue weighted by Crippen LogP contribution is -2.11. The van der Waals surface area contributed by atoms with Gasteiger partial charge >= 0.3 is 11.9 Å². The molecule has 0 aliphatic heterocycles. The molecule has 3 rings (SSSR count). The number of fused-ring (bicyclic) bond motifs is 1. The molecule has 0 spiro atoms. The largest absolute Gasteiger partial charge is 0.508 e. The van der Waals surface area contributed by atoms with Crippen LogP contribution in [0.5, 0.6) is 23.0 Å². The summed E-state index contributed by atoms with van der Waals surface area (Å²) in [6, 6.07) is 8.90. The van der Waals surface area contributed by atoms with E-state index in [0.717, 1.165) is 16.7 Å². The number of benzene rings is 2. The van der Waals surface area contributed by atoms with Crippen LogP contribution in [0.4, 0.5) is 0 Å². The van der Waals surface area contributed by atoms with E-state index < -0.39 is 17.4 Å². The Kier molecular flexibility index (Phi) is 5.79. The molecule has 0 saturated heterocycles. The van der Waals surface area contributed by atoms with Crippen LogP contribution in [0.2, 0.25) is 0 Å². The van der Waals surface area contributed by atoms with Crippen molar-refractivity contribution in [2.45, 2.75) is 23.8 Å². The van der Waals surface area contributed by atoms with E-state index in [2.05, 4.69) is 0 Å². The molecule has 0 saturated carbocycles. The smallest absolute Gasteiger partial charge is 0.308 e. The van der Waals surface area contributed by atoms with Crippen molar-refractivity contribution in [2.24, 2.45) is 0 Å². The average Bonchev–Trinajstić information content (AvgIpc) is 2.62. The van der Waals surface area contributed by atoms with E-state index >= 15 is 0 Å². The first-order valence-electron chi connectivity index (χ1n) is 8.31. The van der Waals surface area contributed by atoms with Gasteiger partial charge in [0.1, 0.15) is 16.7 Å². The predicted molar refractivity (Wildman–Crippen MR) is 104 cm³/mol. The Balaban J connectivity index is 2.20. The molecule has 0 aliphatic carbocycles. The van der Waals surface area contributed by atoms with Gasteiger partial charge in [-0.2, -0.15) is 0 Å². The van der Waals surface area contributed by atoms with Gasteiger partial charge < -0.3 is 23.7 Å². The normalized spacial score (nSPS) is 10.6. The van der Waals surface area contributed by atoms with Gasteiger partial charge in [0.05, 0.1) is 7.11 Å². The fraction of sp³-hybridized carbons (Fsp3) is 0.150. The molecule has 0 unspecified atom stereocenters. The molecule has 2 aromatic carbocycles. The molecule has 1 heterocycles. The van der Waals surface area contributed by atoms with Crippen LogP contribution in [0.25, 0.3) is 11.0 Å². The summed E-state index contributed by atoms with van der Waals surface area (Å²) in [6.45, 7) is 2.36. The summed E-state index contributed by atoms with van der Waals surface area (Å²) in [4.78, 5) is 36.5. The highest BCUT2D eigenvalue weighted by atomic mass is 32.2. The van der Waals surface area contributed by atoms with Crippen molar-refractivity contribution in [3.8, 4) is 23.0 Å². The van der Waals surface area contributed by atoms with E-state index in [4.69, 9.17) is 18.6 Å². The first-order valence-corrected chi connectivity index (χ1v) is 9.12. The van der Waals surface area contributed by atoms with Crippen molar-refractivity contribution < 1.29 is 33.3 Å². The molecule has 8 nitrogen and oxygen atoms in total. The summed E-state index contributed by atoms with van der Waals surface area (Å²) in [5.74, 6) is -1.53. The fourth-order valence-corrected chi connectivity index (χ4v) is 3.37. The van der Waals surface area contributed by atoms with Gasteiger partial charge in [0.15, 0.2) is 22.0 Å². The average molecular weight is 416 g/mol. The zero-order chi connectivity index (χ0) is 21.1. The minimum atomic E-state index is -0.688. The monoisotopic (exact) mass is 416 g/mol. The zero-order valence-corrected chi connectivity index (χ0v) is 16.5. The van der Waals surface area contributed by atoms with Gasteiger partial charge in [0.25, 0.3) is 0 Å². The van der Waals surface area contributed by atoms with Crippen LogP contribution in [-0.2, 0) is 9.59 Å². The predicted octanol–water partition coefficient (Wildman–Crippen LogP) is 3.51. The third-order valence-corrected chi connectivity index (χ3v) is 4.54. The van der Waals surface area contributed by atoms with Crippen LogP contribution in [0.3, 0.4) is 0 Å². The minimum absolute atomic E-state index is 0.0250. The van der Waals surface area contributed by atoms with Gasteiger partial charge in [0.2, 0.25) is 5.75 Å². The van der Waals surface area contributed by atoms with E-state index in [1.54, 1.807) is 12.1 Å². The van der Waals surface area contributed by atoms with Crippen LogP contribution < -0.4 is 19.6 Å². The standard InChI is InChI=1S/C20H16O8S/c1-10(21)26-16-9-15-18(20(19(16)25-3)27-11(2)22)14(24)8-17(28-15)29-13-6-4-12(23)5-7-13/h4-9,23H,1-3H3. The highest BCUT2D eigenvalue weighted by molar-refractivity contribution is 7.99. The van der Waals surface area contributed by atoms with Crippen LogP contribution in [0, 0.1) is 0 Å². The SMILES string of the molecule is COc1c(OC(C)=O)cc2oc(Sc3ccc(O)cc3)cc(=O)c2c1OC(C)=O. The quantitative estimate of drug-likeness (QED) is 0.493. The Bertz CT molecular complexity index is 1150.